The van der Waals surface area contributed by atoms with Crippen LogP contribution >= 0.6 is 0 Å². The van der Waals surface area contributed by atoms with E-state index in [1.165, 1.54) is 16.9 Å². The second-order valence-electron chi connectivity index (χ2n) is 6.45. The molecule has 1 aromatic heterocycles. The maximum absolute atomic E-state index is 4.86. The van der Waals surface area contributed by atoms with Crippen LogP contribution < -0.4 is 10.2 Å². The fraction of sp³-hybridized carbons (Fsp3) is 0.722. The Kier molecular flexibility index (Phi) is 7.16. The molecule has 3 nitrogen and oxygen atoms in total. The molecule has 1 rings (SSSR count). The highest BCUT2D eigenvalue weighted by Gasteiger charge is 2.18. The normalized spacial score (nSPS) is 12.8. The Labute approximate surface area is 131 Å². The van der Waals surface area contributed by atoms with Gasteiger partial charge in [0, 0.05) is 30.4 Å². The summed E-state index contributed by atoms with van der Waals surface area (Å²) in [6.07, 6.45) is 1.14. The largest absolute Gasteiger partial charge is 0.354 e. The van der Waals surface area contributed by atoms with Gasteiger partial charge in [-0.15, -0.1) is 0 Å². The van der Waals surface area contributed by atoms with Crippen molar-refractivity contribution in [2.75, 3.05) is 18.0 Å². The van der Waals surface area contributed by atoms with E-state index in [0.29, 0.717) is 12.0 Å². The van der Waals surface area contributed by atoms with Gasteiger partial charge in [-0.2, -0.15) is 0 Å². The molecule has 1 N–H and O–H groups in total. The van der Waals surface area contributed by atoms with Crippen molar-refractivity contribution in [1.29, 1.82) is 0 Å². The monoisotopic (exact) mass is 291 g/mol. The Morgan fingerprint density at radius 1 is 1.19 bits per heavy atom. The molecule has 0 bridgehead atoms. The van der Waals surface area contributed by atoms with E-state index < -0.39 is 0 Å². The van der Waals surface area contributed by atoms with Gasteiger partial charge in [0.2, 0.25) is 0 Å². The average molecular weight is 291 g/mol. The molecular weight excluding hydrogens is 258 g/mol. The Morgan fingerprint density at radius 2 is 1.86 bits per heavy atom. The molecule has 120 valence electrons. The maximum atomic E-state index is 4.86. The highest BCUT2D eigenvalue weighted by atomic mass is 15.2. The van der Waals surface area contributed by atoms with Crippen LogP contribution in [-0.4, -0.2) is 24.1 Å². The summed E-state index contributed by atoms with van der Waals surface area (Å²) < 4.78 is 0. The van der Waals surface area contributed by atoms with Gasteiger partial charge in [0.05, 0.1) is 0 Å². The van der Waals surface area contributed by atoms with Gasteiger partial charge in [0.15, 0.2) is 0 Å². The van der Waals surface area contributed by atoms with Crippen LogP contribution in [0.2, 0.25) is 0 Å². The maximum Gasteiger partial charge on any atom is 0.133 e. The smallest absolute Gasteiger partial charge is 0.133 e. The minimum Gasteiger partial charge on any atom is -0.354 e. The minimum atomic E-state index is 0.521. The Hall–Kier alpha value is -1.09. The van der Waals surface area contributed by atoms with Crippen LogP contribution in [0, 0.1) is 19.8 Å². The van der Waals surface area contributed by atoms with Crippen molar-refractivity contribution in [2.24, 2.45) is 5.92 Å². The lowest BCUT2D eigenvalue weighted by molar-refractivity contribution is 0.548. The van der Waals surface area contributed by atoms with Crippen molar-refractivity contribution in [3.8, 4) is 0 Å². The first kappa shape index (κ1) is 18.0. The van der Waals surface area contributed by atoms with Crippen molar-refractivity contribution < 1.29 is 0 Å². The van der Waals surface area contributed by atoms with E-state index in [0.717, 1.165) is 31.7 Å². The third-order valence-corrected chi connectivity index (χ3v) is 4.04. The van der Waals surface area contributed by atoms with Crippen LogP contribution in [0.5, 0.6) is 0 Å². The van der Waals surface area contributed by atoms with Crippen LogP contribution in [0.3, 0.4) is 0 Å². The van der Waals surface area contributed by atoms with Crippen LogP contribution in [0.15, 0.2) is 6.07 Å². The van der Waals surface area contributed by atoms with Gasteiger partial charge in [-0.05, 0) is 58.2 Å². The van der Waals surface area contributed by atoms with E-state index in [4.69, 9.17) is 4.98 Å². The molecule has 0 aliphatic heterocycles. The van der Waals surface area contributed by atoms with Gasteiger partial charge in [-0.25, -0.2) is 4.98 Å². The second-order valence-corrected chi connectivity index (χ2v) is 6.45. The van der Waals surface area contributed by atoms with Crippen molar-refractivity contribution >= 4 is 5.82 Å². The summed E-state index contributed by atoms with van der Waals surface area (Å²) in [7, 11) is 0. The molecule has 0 saturated carbocycles. The van der Waals surface area contributed by atoms with E-state index in [1.807, 2.05) is 0 Å². The van der Waals surface area contributed by atoms with Crippen molar-refractivity contribution in [3.05, 3.63) is 22.9 Å². The van der Waals surface area contributed by atoms with Crippen LogP contribution in [-0.2, 0) is 6.54 Å². The lowest BCUT2D eigenvalue weighted by atomic mass is 10.1. The molecule has 0 amide bonds. The minimum absolute atomic E-state index is 0.521. The molecule has 0 radical (unpaired) electrons. The molecular formula is C18H33N3. The zero-order valence-electron chi connectivity index (χ0n) is 15.0. The number of hydrogen-bond donors (Lipinski definition) is 1. The lowest BCUT2D eigenvalue weighted by Crippen LogP contribution is -2.35. The Morgan fingerprint density at radius 3 is 2.38 bits per heavy atom. The number of nitrogens with zero attached hydrogens (tertiary/aromatic N) is 2. The molecule has 0 aliphatic carbocycles. The molecule has 3 heteroatoms. The first-order chi connectivity index (χ1) is 9.90. The van der Waals surface area contributed by atoms with E-state index in [2.05, 4.69) is 64.7 Å². The number of rotatable bonds is 8. The van der Waals surface area contributed by atoms with Crippen LogP contribution in [0.25, 0.3) is 0 Å². The van der Waals surface area contributed by atoms with E-state index in [1.54, 1.807) is 0 Å². The molecule has 21 heavy (non-hydrogen) atoms. The van der Waals surface area contributed by atoms with Gasteiger partial charge >= 0.3 is 0 Å². The van der Waals surface area contributed by atoms with E-state index in [9.17, 15) is 0 Å². The third-order valence-electron chi connectivity index (χ3n) is 4.04. The van der Waals surface area contributed by atoms with Gasteiger partial charge in [0.25, 0.3) is 0 Å². The highest BCUT2D eigenvalue weighted by Crippen LogP contribution is 2.25. The standard InChI is InChI=1S/C18H33N3/c1-8-16(7)21(9-2)18-17(12-19-11-13(3)4)14(5)10-15(6)20-18/h10,13,16,19H,8-9,11-12H2,1-7H3. The number of nitrogens with one attached hydrogen (secondary N) is 1. The van der Waals surface area contributed by atoms with Gasteiger partial charge in [0.1, 0.15) is 5.82 Å². The first-order valence-electron chi connectivity index (χ1n) is 8.35. The van der Waals surface area contributed by atoms with Crippen LogP contribution in [0.1, 0.15) is 57.9 Å². The highest BCUT2D eigenvalue weighted by molar-refractivity contribution is 5.52. The van der Waals surface area contributed by atoms with Crippen molar-refractivity contribution in [3.63, 3.8) is 0 Å². The number of pyridine rings is 1. The second kappa shape index (κ2) is 8.38. The summed E-state index contributed by atoms with van der Waals surface area (Å²) in [5.74, 6) is 1.84. The molecule has 0 aliphatic rings. The first-order valence-corrected chi connectivity index (χ1v) is 8.35. The number of anilines is 1. The summed E-state index contributed by atoms with van der Waals surface area (Å²) in [6.45, 7) is 18.5. The summed E-state index contributed by atoms with van der Waals surface area (Å²) in [5, 5.41) is 3.57. The molecule has 0 saturated heterocycles. The average Bonchev–Trinajstić information content (AvgIpc) is 2.41. The number of aryl methyl sites for hydroxylation is 2. The quantitative estimate of drug-likeness (QED) is 0.782. The molecule has 1 heterocycles. The lowest BCUT2D eigenvalue weighted by Gasteiger charge is -2.31. The molecule has 0 spiro atoms. The Bertz CT molecular complexity index is 440. The fourth-order valence-corrected chi connectivity index (χ4v) is 2.68. The molecule has 1 atom stereocenters. The SMILES string of the molecule is CCC(C)N(CC)c1nc(C)cc(C)c1CNCC(C)C. The Balaban J connectivity index is 3.09. The topological polar surface area (TPSA) is 28.2 Å². The molecule has 1 unspecified atom stereocenters. The van der Waals surface area contributed by atoms with Gasteiger partial charge in [-0.1, -0.05) is 20.8 Å². The summed E-state index contributed by atoms with van der Waals surface area (Å²) in [6, 6.07) is 2.72. The third kappa shape index (κ3) is 4.99. The summed E-state index contributed by atoms with van der Waals surface area (Å²) in [4.78, 5) is 7.29. The van der Waals surface area contributed by atoms with Crippen molar-refractivity contribution in [2.45, 2.75) is 67.5 Å². The van der Waals surface area contributed by atoms with Crippen LogP contribution in [0.4, 0.5) is 5.82 Å². The van der Waals surface area contributed by atoms with E-state index in [-0.39, 0.29) is 0 Å². The van der Waals surface area contributed by atoms with E-state index >= 15 is 0 Å². The molecule has 1 aromatic rings. The number of hydrogen-bond acceptors (Lipinski definition) is 3. The predicted octanol–water partition coefficient (Wildman–Crippen LogP) is 4.07. The zero-order chi connectivity index (χ0) is 16.0. The molecule has 0 aromatic carbocycles. The van der Waals surface area contributed by atoms with Gasteiger partial charge in [-0.3, -0.25) is 0 Å². The fourth-order valence-electron chi connectivity index (χ4n) is 2.68. The summed E-state index contributed by atoms with van der Waals surface area (Å²) >= 11 is 0. The number of aromatic nitrogens is 1. The summed E-state index contributed by atoms with van der Waals surface area (Å²) in [5.41, 5.74) is 3.80. The molecule has 0 fully saturated rings. The van der Waals surface area contributed by atoms with Gasteiger partial charge < -0.3 is 10.2 Å². The predicted molar refractivity (Wildman–Crippen MR) is 93.0 cm³/mol. The van der Waals surface area contributed by atoms with Crippen molar-refractivity contribution in [1.82, 2.24) is 10.3 Å². The zero-order valence-corrected chi connectivity index (χ0v) is 15.0.